The minimum atomic E-state index is -0.479. The van der Waals surface area contributed by atoms with Crippen LogP contribution in [0.4, 0.5) is 0 Å². The van der Waals surface area contributed by atoms with Gasteiger partial charge in [0.15, 0.2) is 0 Å². The minimum absolute atomic E-state index is 0.0677. The number of rotatable bonds is 3. The molecule has 0 aliphatic heterocycles. The number of aromatic amines is 1. The first-order valence-electron chi connectivity index (χ1n) is 6.18. The summed E-state index contributed by atoms with van der Waals surface area (Å²) in [6, 6.07) is 7.24. The molecule has 0 spiro atoms. The summed E-state index contributed by atoms with van der Waals surface area (Å²) in [6.07, 6.45) is 0. The molecule has 0 fully saturated rings. The molecule has 0 saturated carbocycles. The van der Waals surface area contributed by atoms with Crippen LogP contribution in [0.25, 0.3) is 11.1 Å². The molecule has 1 aromatic carbocycles. The summed E-state index contributed by atoms with van der Waals surface area (Å²) in [5, 5.41) is 0.0677. The standard InChI is InChI=1S/C14H14BrClN2O2/c1-8(2)7-18-13(19)11(12(16)17-14(18)20)9-4-3-5-10(15)6-9/h3-6,8H,7H2,1-2H3,(H,17,20). The van der Waals surface area contributed by atoms with Gasteiger partial charge in [-0.15, -0.1) is 0 Å². The monoisotopic (exact) mass is 356 g/mol. The lowest BCUT2D eigenvalue weighted by Crippen LogP contribution is -2.37. The summed E-state index contributed by atoms with van der Waals surface area (Å²) < 4.78 is 2.03. The number of hydrogen-bond acceptors (Lipinski definition) is 2. The molecule has 2 rings (SSSR count). The van der Waals surface area contributed by atoms with Gasteiger partial charge in [-0.2, -0.15) is 0 Å². The average molecular weight is 358 g/mol. The second-order valence-electron chi connectivity index (χ2n) is 4.94. The van der Waals surface area contributed by atoms with Gasteiger partial charge < -0.3 is 0 Å². The Morgan fingerprint density at radius 3 is 2.65 bits per heavy atom. The molecule has 0 atom stereocenters. The van der Waals surface area contributed by atoms with Crippen LogP contribution in [0, 0.1) is 5.92 Å². The SMILES string of the molecule is CC(C)Cn1c(=O)[nH]c(Cl)c(-c2cccc(Br)c2)c1=O. The Bertz CT molecular complexity index is 750. The first kappa shape index (κ1) is 15.1. The quantitative estimate of drug-likeness (QED) is 0.857. The van der Waals surface area contributed by atoms with Gasteiger partial charge in [-0.1, -0.05) is 53.5 Å². The van der Waals surface area contributed by atoms with E-state index in [1.165, 1.54) is 4.57 Å². The highest BCUT2D eigenvalue weighted by molar-refractivity contribution is 9.10. The third kappa shape index (κ3) is 3.04. The van der Waals surface area contributed by atoms with E-state index >= 15 is 0 Å². The van der Waals surface area contributed by atoms with Gasteiger partial charge in [-0.25, -0.2) is 4.79 Å². The van der Waals surface area contributed by atoms with E-state index in [1.807, 2.05) is 26.0 Å². The fraction of sp³-hybridized carbons (Fsp3) is 0.286. The molecular weight excluding hydrogens is 344 g/mol. The van der Waals surface area contributed by atoms with Gasteiger partial charge in [0.1, 0.15) is 5.15 Å². The summed E-state index contributed by atoms with van der Waals surface area (Å²) in [4.78, 5) is 26.9. The Balaban J connectivity index is 2.71. The largest absolute Gasteiger partial charge is 0.329 e. The first-order chi connectivity index (χ1) is 9.40. The molecule has 6 heteroatoms. The van der Waals surface area contributed by atoms with Gasteiger partial charge in [0.25, 0.3) is 5.56 Å². The van der Waals surface area contributed by atoms with E-state index < -0.39 is 5.69 Å². The number of hydrogen-bond donors (Lipinski definition) is 1. The van der Waals surface area contributed by atoms with Crippen molar-refractivity contribution < 1.29 is 0 Å². The second-order valence-corrected chi connectivity index (χ2v) is 6.23. The number of halogens is 2. The average Bonchev–Trinajstić information content (AvgIpc) is 2.34. The zero-order valence-electron chi connectivity index (χ0n) is 11.1. The molecule has 106 valence electrons. The molecule has 4 nitrogen and oxygen atoms in total. The molecule has 0 saturated heterocycles. The predicted octanol–water partition coefficient (Wildman–Crippen LogP) is 3.28. The van der Waals surface area contributed by atoms with Crippen molar-refractivity contribution in [3.63, 3.8) is 0 Å². The van der Waals surface area contributed by atoms with Crippen molar-refractivity contribution >= 4 is 27.5 Å². The molecule has 0 unspecified atom stereocenters. The highest BCUT2D eigenvalue weighted by Gasteiger charge is 2.15. The van der Waals surface area contributed by atoms with E-state index in [-0.39, 0.29) is 16.6 Å². The van der Waals surface area contributed by atoms with Gasteiger partial charge in [0, 0.05) is 11.0 Å². The molecule has 0 bridgehead atoms. The van der Waals surface area contributed by atoms with Crippen molar-refractivity contribution in [2.24, 2.45) is 5.92 Å². The highest BCUT2D eigenvalue weighted by Crippen LogP contribution is 2.24. The summed E-state index contributed by atoms with van der Waals surface area (Å²) in [5.41, 5.74) is 0.134. The van der Waals surface area contributed by atoms with E-state index in [2.05, 4.69) is 20.9 Å². The zero-order chi connectivity index (χ0) is 14.9. The molecule has 20 heavy (non-hydrogen) atoms. The first-order valence-corrected chi connectivity index (χ1v) is 7.35. The third-order valence-corrected chi connectivity index (χ3v) is 3.58. The maximum absolute atomic E-state index is 12.5. The van der Waals surface area contributed by atoms with Crippen molar-refractivity contribution in [2.45, 2.75) is 20.4 Å². The summed E-state index contributed by atoms with van der Waals surface area (Å²) in [6.45, 7) is 4.24. The lowest BCUT2D eigenvalue weighted by atomic mass is 10.1. The van der Waals surface area contributed by atoms with Crippen LogP contribution in [-0.4, -0.2) is 9.55 Å². The Morgan fingerprint density at radius 1 is 1.35 bits per heavy atom. The fourth-order valence-corrected chi connectivity index (χ4v) is 2.64. The van der Waals surface area contributed by atoms with Crippen LogP contribution in [0.15, 0.2) is 38.3 Å². The van der Waals surface area contributed by atoms with Crippen LogP contribution in [0.1, 0.15) is 13.8 Å². The summed E-state index contributed by atoms with van der Waals surface area (Å²) in [7, 11) is 0. The maximum atomic E-state index is 12.5. The van der Waals surface area contributed by atoms with E-state index in [0.29, 0.717) is 17.7 Å². The molecule has 1 heterocycles. The van der Waals surface area contributed by atoms with Gasteiger partial charge in [0.05, 0.1) is 5.56 Å². The van der Waals surface area contributed by atoms with E-state index in [0.717, 1.165) is 4.47 Å². The molecule has 1 aromatic heterocycles. The Hall–Kier alpha value is -1.33. The molecule has 1 N–H and O–H groups in total. The maximum Gasteiger partial charge on any atom is 0.329 e. The van der Waals surface area contributed by atoms with E-state index in [1.54, 1.807) is 12.1 Å². The smallest absolute Gasteiger partial charge is 0.297 e. The van der Waals surface area contributed by atoms with Crippen molar-refractivity contribution in [3.8, 4) is 11.1 Å². The van der Waals surface area contributed by atoms with Gasteiger partial charge in [-0.05, 0) is 23.6 Å². The number of nitrogens with zero attached hydrogens (tertiary/aromatic N) is 1. The van der Waals surface area contributed by atoms with E-state index in [4.69, 9.17) is 11.6 Å². The van der Waals surface area contributed by atoms with Crippen molar-refractivity contribution in [1.82, 2.24) is 9.55 Å². The van der Waals surface area contributed by atoms with Crippen LogP contribution >= 0.6 is 27.5 Å². The molecule has 2 aromatic rings. The third-order valence-electron chi connectivity index (χ3n) is 2.80. The summed E-state index contributed by atoms with van der Waals surface area (Å²) >= 11 is 9.40. The normalized spacial score (nSPS) is 11.1. The molecule has 0 aliphatic rings. The van der Waals surface area contributed by atoms with Crippen molar-refractivity contribution in [1.29, 1.82) is 0 Å². The van der Waals surface area contributed by atoms with Crippen LogP contribution in [0.2, 0.25) is 5.15 Å². The molecular formula is C14H14BrClN2O2. The summed E-state index contributed by atoms with van der Waals surface area (Å²) in [5.74, 6) is 0.185. The molecule has 0 radical (unpaired) electrons. The van der Waals surface area contributed by atoms with Gasteiger partial charge >= 0.3 is 5.69 Å². The van der Waals surface area contributed by atoms with Crippen LogP contribution in [0.3, 0.4) is 0 Å². The van der Waals surface area contributed by atoms with Crippen LogP contribution in [-0.2, 0) is 6.54 Å². The number of benzene rings is 1. The minimum Gasteiger partial charge on any atom is -0.297 e. The Morgan fingerprint density at radius 2 is 2.05 bits per heavy atom. The highest BCUT2D eigenvalue weighted by atomic mass is 79.9. The predicted molar refractivity (Wildman–Crippen MR) is 84.3 cm³/mol. The topological polar surface area (TPSA) is 54.9 Å². The van der Waals surface area contributed by atoms with Gasteiger partial charge in [-0.3, -0.25) is 14.3 Å². The fourth-order valence-electron chi connectivity index (χ4n) is 1.97. The second kappa shape index (κ2) is 5.97. The Kier molecular flexibility index (Phi) is 4.50. The number of nitrogens with one attached hydrogen (secondary N) is 1. The lowest BCUT2D eigenvalue weighted by molar-refractivity contribution is 0.493. The van der Waals surface area contributed by atoms with Gasteiger partial charge in [0.2, 0.25) is 0 Å². The molecule has 0 aliphatic carbocycles. The van der Waals surface area contributed by atoms with Crippen LogP contribution < -0.4 is 11.2 Å². The van der Waals surface area contributed by atoms with Crippen LogP contribution in [0.5, 0.6) is 0 Å². The lowest BCUT2D eigenvalue weighted by Gasteiger charge is -2.11. The van der Waals surface area contributed by atoms with Crippen molar-refractivity contribution in [2.75, 3.05) is 0 Å². The number of aromatic nitrogens is 2. The van der Waals surface area contributed by atoms with Crippen molar-refractivity contribution in [3.05, 3.63) is 54.7 Å². The number of H-pyrrole nitrogens is 1. The zero-order valence-corrected chi connectivity index (χ0v) is 13.5. The van der Waals surface area contributed by atoms with E-state index in [9.17, 15) is 9.59 Å². The Labute approximate surface area is 129 Å². The molecule has 0 amide bonds.